The fraction of sp³-hybridized carbons (Fsp3) is 0.444. The molecule has 1 aromatic carbocycles. The fourth-order valence-corrected chi connectivity index (χ4v) is 7.03. The first-order valence-electron chi connectivity index (χ1n) is 14.2. The van der Waals surface area contributed by atoms with Gasteiger partial charge in [0.05, 0.1) is 17.7 Å². The number of aliphatic hydroxyl groups is 1. The van der Waals surface area contributed by atoms with Crippen molar-refractivity contribution < 1.29 is 21.9 Å². The van der Waals surface area contributed by atoms with E-state index >= 15 is 0 Å². The lowest BCUT2D eigenvalue weighted by molar-refractivity contribution is 0.116. The Morgan fingerprint density at radius 1 is 1.00 bits per heavy atom. The molecule has 1 atom stereocenters. The second kappa shape index (κ2) is 12.0. The summed E-state index contributed by atoms with van der Waals surface area (Å²) in [6, 6.07) is 9.20. The lowest BCUT2D eigenvalue weighted by atomic mass is 10.1. The Labute approximate surface area is 254 Å². The van der Waals surface area contributed by atoms with Gasteiger partial charge in [-0.05, 0) is 49.4 Å². The van der Waals surface area contributed by atoms with E-state index in [1.807, 2.05) is 0 Å². The highest BCUT2D eigenvalue weighted by molar-refractivity contribution is 7.89. The van der Waals surface area contributed by atoms with Gasteiger partial charge in [0.2, 0.25) is 16.0 Å². The Balaban J connectivity index is 1.09. The number of pyridine rings is 1. The summed E-state index contributed by atoms with van der Waals surface area (Å²) in [6.07, 6.45) is 6.00. The van der Waals surface area contributed by atoms with Gasteiger partial charge in [0.15, 0.2) is 5.82 Å². The molecule has 44 heavy (non-hydrogen) atoms. The van der Waals surface area contributed by atoms with Crippen LogP contribution in [0, 0.1) is 0 Å². The van der Waals surface area contributed by atoms with Crippen LogP contribution >= 0.6 is 0 Å². The SMILES string of the molecule is CS(=O)(=O)N1CCC(Nc2ncc3ccc(=O)n(CC(O)NCc4ccc(S(=O)(=O)n5cnc(C6CC6)n5)cc4)c3n2)CC1. The molecule has 4 aromatic rings. The van der Waals surface area contributed by atoms with Crippen molar-refractivity contribution in [3.05, 3.63) is 70.7 Å². The maximum absolute atomic E-state index is 12.9. The van der Waals surface area contributed by atoms with E-state index in [1.54, 1.807) is 24.4 Å². The van der Waals surface area contributed by atoms with Gasteiger partial charge in [0.25, 0.3) is 15.6 Å². The van der Waals surface area contributed by atoms with E-state index in [0.29, 0.717) is 48.7 Å². The molecular weight excluding hydrogens is 610 g/mol. The van der Waals surface area contributed by atoms with Crippen molar-refractivity contribution in [1.82, 2.24) is 38.3 Å². The van der Waals surface area contributed by atoms with Gasteiger partial charge in [-0.15, -0.1) is 9.19 Å². The molecule has 2 aliphatic rings. The molecule has 0 amide bonds. The van der Waals surface area contributed by atoms with E-state index < -0.39 is 26.3 Å². The number of hydrogen-bond acceptors (Lipinski definition) is 12. The van der Waals surface area contributed by atoms with Gasteiger partial charge in [-0.2, -0.15) is 13.4 Å². The molecule has 6 rings (SSSR count). The Kier molecular flexibility index (Phi) is 8.23. The second-order valence-corrected chi connectivity index (χ2v) is 14.9. The molecule has 15 nitrogen and oxygen atoms in total. The van der Waals surface area contributed by atoms with Gasteiger partial charge in [-0.25, -0.2) is 22.7 Å². The van der Waals surface area contributed by atoms with Crippen LogP contribution in [-0.4, -0.2) is 86.6 Å². The molecule has 1 aliphatic heterocycles. The molecule has 4 heterocycles. The highest BCUT2D eigenvalue weighted by Crippen LogP contribution is 2.37. The molecule has 3 aromatic heterocycles. The molecule has 2 fully saturated rings. The molecule has 1 unspecified atom stereocenters. The summed E-state index contributed by atoms with van der Waals surface area (Å²) in [5, 5.41) is 21.7. The largest absolute Gasteiger partial charge is 0.377 e. The van der Waals surface area contributed by atoms with Crippen molar-refractivity contribution in [3.8, 4) is 0 Å². The first kappa shape index (κ1) is 30.3. The van der Waals surface area contributed by atoms with Crippen LogP contribution in [-0.2, 0) is 33.1 Å². The van der Waals surface area contributed by atoms with Crippen molar-refractivity contribution >= 4 is 37.0 Å². The summed E-state index contributed by atoms with van der Waals surface area (Å²) in [5.41, 5.74) is 0.718. The van der Waals surface area contributed by atoms with Crippen molar-refractivity contribution in [1.29, 1.82) is 0 Å². The smallest absolute Gasteiger partial charge is 0.284 e. The van der Waals surface area contributed by atoms with E-state index in [9.17, 15) is 26.7 Å². The van der Waals surface area contributed by atoms with Crippen LogP contribution in [0.3, 0.4) is 0 Å². The third-order valence-corrected chi connectivity index (χ3v) is 10.6. The first-order chi connectivity index (χ1) is 21.0. The van der Waals surface area contributed by atoms with Crippen LogP contribution in [0.2, 0.25) is 0 Å². The third kappa shape index (κ3) is 6.66. The van der Waals surface area contributed by atoms with E-state index in [4.69, 9.17) is 0 Å². The van der Waals surface area contributed by atoms with Gasteiger partial charge >= 0.3 is 0 Å². The van der Waals surface area contributed by atoms with Crippen LogP contribution in [0.5, 0.6) is 0 Å². The Bertz CT molecular complexity index is 1930. The average Bonchev–Trinajstić information content (AvgIpc) is 3.73. The molecule has 0 spiro atoms. The van der Waals surface area contributed by atoms with Gasteiger partial charge in [0, 0.05) is 49.2 Å². The van der Waals surface area contributed by atoms with Crippen LogP contribution in [0.1, 0.15) is 43.0 Å². The molecule has 1 aliphatic carbocycles. The number of sulfonamides is 1. The zero-order valence-corrected chi connectivity index (χ0v) is 25.6. The van der Waals surface area contributed by atoms with Crippen molar-refractivity contribution in [2.24, 2.45) is 0 Å². The number of aromatic nitrogens is 6. The summed E-state index contributed by atoms with van der Waals surface area (Å²) < 4.78 is 53.1. The fourth-order valence-electron chi connectivity index (χ4n) is 5.10. The summed E-state index contributed by atoms with van der Waals surface area (Å²) in [5.74, 6) is 1.09. The molecule has 0 bridgehead atoms. The monoisotopic (exact) mass is 643 g/mol. The minimum absolute atomic E-state index is 0.0283. The average molecular weight is 644 g/mol. The number of rotatable bonds is 11. The molecule has 3 N–H and O–H groups in total. The Morgan fingerprint density at radius 2 is 1.73 bits per heavy atom. The van der Waals surface area contributed by atoms with Gasteiger partial charge < -0.3 is 10.4 Å². The summed E-state index contributed by atoms with van der Waals surface area (Å²) in [6.45, 7) is 0.911. The highest BCUT2D eigenvalue weighted by atomic mass is 32.2. The number of nitrogens with one attached hydrogen (secondary N) is 2. The van der Waals surface area contributed by atoms with Gasteiger partial charge in [0.1, 0.15) is 18.2 Å². The van der Waals surface area contributed by atoms with Crippen LogP contribution < -0.4 is 16.2 Å². The summed E-state index contributed by atoms with van der Waals surface area (Å²) in [7, 11) is -7.10. The minimum atomic E-state index is -3.87. The van der Waals surface area contributed by atoms with Crippen LogP contribution in [0.25, 0.3) is 11.0 Å². The van der Waals surface area contributed by atoms with E-state index in [-0.39, 0.29) is 35.5 Å². The predicted octanol–water partition coefficient (Wildman–Crippen LogP) is 0.442. The summed E-state index contributed by atoms with van der Waals surface area (Å²) >= 11 is 0. The third-order valence-electron chi connectivity index (χ3n) is 7.78. The number of anilines is 1. The second-order valence-electron chi connectivity index (χ2n) is 11.1. The summed E-state index contributed by atoms with van der Waals surface area (Å²) in [4.78, 5) is 25.9. The number of piperidine rings is 1. The Morgan fingerprint density at radius 3 is 2.41 bits per heavy atom. The van der Waals surface area contributed by atoms with E-state index in [1.165, 1.54) is 39.7 Å². The number of hydrogen-bond donors (Lipinski definition) is 3. The van der Waals surface area contributed by atoms with Crippen molar-refractivity contribution in [2.45, 2.75) is 61.9 Å². The van der Waals surface area contributed by atoms with Crippen LogP contribution in [0.4, 0.5) is 5.95 Å². The lowest BCUT2D eigenvalue weighted by Gasteiger charge is -2.30. The van der Waals surface area contributed by atoms with Gasteiger partial charge in [-0.1, -0.05) is 12.1 Å². The minimum Gasteiger partial charge on any atom is -0.377 e. The maximum atomic E-state index is 12.9. The number of aliphatic hydroxyl groups excluding tert-OH is 1. The Hall–Kier alpha value is -3.77. The molecule has 234 valence electrons. The molecule has 1 saturated heterocycles. The number of benzene rings is 1. The molecule has 1 saturated carbocycles. The standard InChI is InChI=1S/C27H33N9O6S2/c1-43(39,40)34-12-10-21(11-13-34)31-27-29-15-20-6-9-24(38)35(26(20)32-27)16-23(37)28-14-18-2-7-22(8-3-18)44(41,42)36-17-30-25(33-36)19-4-5-19/h2-3,6-9,15,17,19,21,23,28,37H,4-5,10-14,16H2,1H3,(H,29,31,32). The first-order valence-corrected chi connectivity index (χ1v) is 17.5. The van der Waals surface area contributed by atoms with Gasteiger partial charge in [-0.3, -0.25) is 14.7 Å². The van der Waals surface area contributed by atoms with Crippen molar-refractivity contribution in [3.63, 3.8) is 0 Å². The highest BCUT2D eigenvalue weighted by Gasteiger charge is 2.29. The zero-order valence-electron chi connectivity index (χ0n) is 23.9. The quantitative estimate of drug-likeness (QED) is 0.191. The zero-order chi connectivity index (χ0) is 31.1. The predicted molar refractivity (Wildman–Crippen MR) is 161 cm³/mol. The maximum Gasteiger partial charge on any atom is 0.284 e. The molecule has 0 radical (unpaired) electrons. The number of nitrogens with zero attached hydrogens (tertiary/aromatic N) is 7. The molecule has 17 heteroatoms. The van der Waals surface area contributed by atoms with Crippen LogP contribution in [0.15, 0.2) is 58.6 Å². The van der Waals surface area contributed by atoms with E-state index in [0.717, 1.165) is 22.5 Å². The number of fused-ring (bicyclic) bond motifs is 1. The lowest BCUT2D eigenvalue weighted by Crippen LogP contribution is -2.42. The topological polar surface area (TPSA) is 194 Å². The van der Waals surface area contributed by atoms with Crippen molar-refractivity contribution in [2.75, 3.05) is 24.7 Å². The normalized spacial score (nSPS) is 17.6. The molecular formula is C27H33N9O6S2. The van der Waals surface area contributed by atoms with E-state index in [2.05, 4.69) is 30.7 Å².